The molecule has 1 amide bonds. The van der Waals surface area contributed by atoms with Gasteiger partial charge in [0.2, 0.25) is 0 Å². The zero-order valence-corrected chi connectivity index (χ0v) is 19.5. The largest absolute Gasteiger partial charge is 0.384 e. The van der Waals surface area contributed by atoms with Crippen LogP contribution in [0.4, 0.5) is 31.9 Å². The van der Waals surface area contributed by atoms with Crippen LogP contribution >= 0.6 is 0 Å². The number of rotatable bonds is 2. The Morgan fingerprint density at radius 1 is 1.06 bits per heavy atom. The summed E-state index contributed by atoms with van der Waals surface area (Å²) in [5.41, 5.74) is 20.2. The Balaban J connectivity index is 1.19. The molecule has 3 aromatic rings. The average molecular weight is 493 g/mol. The van der Waals surface area contributed by atoms with Crippen LogP contribution in [-0.2, 0) is 12.3 Å². The third-order valence-electron chi connectivity index (χ3n) is 7.80. The van der Waals surface area contributed by atoms with E-state index in [1.807, 2.05) is 6.07 Å². The Kier molecular flexibility index (Phi) is 4.91. The smallest absolute Gasteiger partial charge is 0.309 e. The van der Waals surface area contributed by atoms with Crippen molar-refractivity contribution in [3.63, 3.8) is 0 Å². The number of carbonyl (C=O) groups is 1. The maximum Gasteiger partial charge on any atom is 0.309 e. The molecule has 2 aromatic heterocycles. The van der Waals surface area contributed by atoms with Gasteiger partial charge in [-0.1, -0.05) is 24.3 Å². The van der Waals surface area contributed by atoms with Gasteiger partial charge in [-0.15, -0.1) is 0 Å². The Bertz CT molecular complexity index is 1370. The molecule has 1 atom stereocenters. The number of nitrogens with zero attached hydrogens (tertiary/aromatic N) is 5. The minimum Gasteiger partial charge on any atom is -0.384 e. The molecule has 6 rings (SSSR count). The first-order valence-electron chi connectivity index (χ1n) is 11.9. The number of halogens is 2. The first-order chi connectivity index (χ1) is 17.2. The lowest BCUT2D eigenvalue weighted by atomic mass is 9.73. The molecule has 0 unspecified atom stereocenters. The minimum absolute atomic E-state index is 0.00157. The van der Waals surface area contributed by atoms with E-state index in [0.29, 0.717) is 5.82 Å². The molecule has 11 heteroatoms. The summed E-state index contributed by atoms with van der Waals surface area (Å²) in [4.78, 5) is 28.5. The van der Waals surface area contributed by atoms with Crippen LogP contribution in [0.2, 0.25) is 0 Å². The fraction of sp³-hybridized carbons (Fsp3) is 0.360. The summed E-state index contributed by atoms with van der Waals surface area (Å²) in [5.74, 6) is -3.69. The van der Waals surface area contributed by atoms with Crippen molar-refractivity contribution in [3.8, 4) is 0 Å². The number of carbonyl (C=O) groups excluding carboxylic acids is 1. The number of nitrogen functional groups attached to an aromatic ring is 2. The number of piperidine rings is 1. The number of alkyl halides is 2. The number of anilines is 4. The third kappa shape index (κ3) is 3.37. The SMILES string of the molecule is Nc1ccc2c(n1)C(F)(F)CN2C(=O)c1ncc(N2CCC3(CC2)Cc2ccccc2[C@H]3N)nc1N. The normalized spacial score (nSPS) is 21.5. The molecule has 0 radical (unpaired) electrons. The summed E-state index contributed by atoms with van der Waals surface area (Å²) < 4.78 is 29.0. The van der Waals surface area contributed by atoms with Gasteiger partial charge in [0.15, 0.2) is 11.5 Å². The van der Waals surface area contributed by atoms with Crippen molar-refractivity contribution >= 4 is 29.0 Å². The lowest BCUT2D eigenvalue weighted by Gasteiger charge is -2.42. The fourth-order valence-corrected chi connectivity index (χ4v) is 5.82. The number of amides is 1. The summed E-state index contributed by atoms with van der Waals surface area (Å²) in [6.07, 6.45) is 4.21. The van der Waals surface area contributed by atoms with Crippen molar-refractivity contribution in [1.82, 2.24) is 15.0 Å². The maximum atomic E-state index is 14.5. The van der Waals surface area contributed by atoms with E-state index in [1.54, 1.807) is 0 Å². The Morgan fingerprint density at radius 3 is 2.53 bits per heavy atom. The molecule has 2 aliphatic heterocycles. The molecule has 1 aliphatic carbocycles. The van der Waals surface area contributed by atoms with Gasteiger partial charge >= 0.3 is 5.92 Å². The quantitative estimate of drug-likeness (QED) is 0.496. The summed E-state index contributed by atoms with van der Waals surface area (Å²) in [5, 5.41) is 0. The van der Waals surface area contributed by atoms with Crippen LogP contribution in [0, 0.1) is 5.41 Å². The number of nitrogens with two attached hydrogens (primary N) is 3. The number of aromatic nitrogens is 3. The van der Waals surface area contributed by atoms with Crippen molar-refractivity contribution in [2.45, 2.75) is 31.2 Å². The molecule has 1 fully saturated rings. The van der Waals surface area contributed by atoms with Gasteiger partial charge in [0.25, 0.3) is 5.91 Å². The molecule has 6 N–H and O–H groups in total. The van der Waals surface area contributed by atoms with E-state index in [-0.39, 0.29) is 34.5 Å². The van der Waals surface area contributed by atoms with Gasteiger partial charge < -0.3 is 22.1 Å². The van der Waals surface area contributed by atoms with Crippen LogP contribution in [-0.4, -0.2) is 40.5 Å². The molecule has 186 valence electrons. The van der Waals surface area contributed by atoms with E-state index >= 15 is 0 Å². The van der Waals surface area contributed by atoms with E-state index in [0.717, 1.165) is 37.3 Å². The minimum atomic E-state index is -3.33. The Labute approximate surface area is 206 Å². The molecular weight excluding hydrogens is 466 g/mol. The summed E-state index contributed by atoms with van der Waals surface area (Å²) >= 11 is 0. The Hall–Kier alpha value is -3.86. The van der Waals surface area contributed by atoms with Crippen LogP contribution in [0.1, 0.15) is 46.2 Å². The molecule has 4 heterocycles. The predicted molar refractivity (Wildman–Crippen MR) is 132 cm³/mol. The van der Waals surface area contributed by atoms with Crippen molar-refractivity contribution in [3.05, 3.63) is 65.1 Å². The summed E-state index contributed by atoms with van der Waals surface area (Å²) in [6, 6.07) is 11.1. The lowest BCUT2D eigenvalue weighted by Crippen LogP contribution is -2.44. The second kappa shape index (κ2) is 7.82. The van der Waals surface area contributed by atoms with Gasteiger partial charge in [0, 0.05) is 19.1 Å². The second-order valence-corrected chi connectivity index (χ2v) is 9.86. The number of pyridine rings is 1. The van der Waals surface area contributed by atoms with E-state index < -0.39 is 24.1 Å². The van der Waals surface area contributed by atoms with Crippen LogP contribution in [0.3, 0.4) is 0 Å². The maximum absolute atomic E-state index is 14.5. The molecule has 1 saturated heterocycles. The van der Waals surface area contributed by atoms with Crippen LogP contribution in [0.25, 0.3) is 0 Å². The molecule has 1 aromatic carbocycles. The first kappa shape index (κ1) is 22.6. The number of benzene rings is 1. The van der Waals surface area contributed by atoms with Gasteiger partial charge in [-0.3, -0.25) is 9.69 Å². The van der Waals surface area contributed by atoms with Gasteiger partial charge in [0.1, 0.15) is 17.3 Å². The number of fused-ring (bicyclic) bond motifs is 2. The molecular formula is C25H26F2N8O. The summed E-state index contributed by atoms with van der Waals surface area (Å²) in [7, 11) is 0. The lowest BCUT2D eigenvalue weighted by molar-refractivity contribution is 0.00983. The highest BCUT2D eigenvalue weighted by molar-refractivity contribution is 6.08. The standard InChI is InChI=1S/C25H26F2N8O/c26-25(27)13-35(16-5-6-17(28)32-21(16)25)23(36)19-22(30)33-18(12-31-19)34-9-7-24(8-10-34)11-14-3-1-2-4-15(14)20(24)29/h1-6,12,20H,7-11,13,29H2,(H2,28,32)(H2,30,33)/t20-/m1/s1. The number of hydrogen-bond donors (Lipinski definition) is 3. The van der Waals surface area contributed by atoms with E-state index in [4.69, 9.17) is 17.2 Å². The van der Waals surface area contributed by atoms with Crippen LogP contribution in [0.5, 0.6) is 0 Å². The first-order valence-corrected chi connectivity index (χ1v) is 11.9. The van der Waals surface area contributed by atoms with Gasteiger partial charge in [0.05, 0.1) is 18.4 Å². The number of hydrogen-bond acceptors (Lipinski definition) is 8. The van der Waals surface area contributed by atoms with Gasteiger partial charge in [-0.05, 0) is 47.9 Å². The molecule has 9 nitrogen and oxygen atoms in total. The predicted octanol–water partition coefficient (Wildman–Crippen LogP) is 2.63. The second-order valence-electron chi connectivity index (χ2n) is 9.86. The highest BCUT2D eigenvalue weighted by Gasteiger charge is 2.49. The summed E-state index contributed by atoms with van der Waals surface area (Å²) in [6.45, 7) is 0.584. The Morgan fingerprint density at radius 2 is 1.81 bits per heavy atom. The van der Waals surface area contributed by atoms with Crippen molar-refractivity contribution in [2.75, 3.05) is 40.9 Å². The zero-order valence-electron chi connectivity index (χ0n) is 19.5. The van der Waals surface area contributed by atoms with Crippen LogP contribution in [0.15, 0.2) is 42.6 Å². The molecule has 3 aliphatic rings. The third-order valence-corrected chi connectivity index (χ3v) is 7.80. The molecule has 0 bridgehead atoms. The molecule has 36 heavy (non-hydrogen) atoms. The monoisotopic (exact) mass is 492 g/mol. The molecule has 0 saturated carbocycles. The van der Waals surface area contributed by atoms with Gasteiger partial charge in [-0.25, -0.2) is 15.0 Å². The zero-order chi connectivity index (χ0) is 25.2. The highest BCUT2D eigenvalue weighted by atomic mass is 19.3. The molecule has 1 spiro atoms. The average Bonchev–Trinajstić information content (AvgIpc) is 3.29. The van der Waals surface area contributed by atoms with E-state index in [1.165, 1.54) is 29.5 Å². The van der Waals surface area contributed by atoms with Gasteiger partial charge in [-0.2, -0.15) is 8.78 Å². The fourth-order valence-electron chi connectivity index (χ4n) is 5.82. The van der Waals surface area contributed by atoms with Crippen molar-refractivity contribution in [1.29, 1.82) is 0 Å². The van der Waals surface area contributed by atoms with E-state index in [2.05, 4.69) is 38.1 Å². The van der Waals surface area contributed by atoms with E-state index in [9.17, 15) is 13.6 Å². The van der Waals surface area contributed by atoms with Crippen LogP contribution < -0.4 is 27.0 Å². The van der Waals surface area contributed by atoms with Crippen molar-refractivity contribution < 1.29 is 13.6 Å². The highest BCUT2D eigenvalue weighted by Crippen LogP contribution is 2.51. The topological polar surface area (TPSA) is 140 Å². The van der Waals surface area contributed by atoms with Crippen molar-refractivity contribution in [2.24, 2.45) is 11.1 Å².